The van der Waals surface area contributed by atoms with Crippen molar-refractivity contribution in [2.45, 2.75) is 26.3 Å². The maximum Gasteiger partial charge on any atom is 0.311 e. The van der Waals surface area contributed by atoms with Crippen LogP contribution >= 0.6 is 11.3 Å². The smallest absolute Gasteiger partial charge is 0.311 e. The van der Waals surface area contributed by atoms with E-state index in [2.05, 4.69) is 33.6 Å². The van der Waals surface area contributed by atoms with Crippen molar-refractivity contribution in [2.24, 2.45) is 11.3 Å². The summed E-state index contributed by atoms with van der Waals surface area (Å²) in [6.07, 6.45) is 1.81. The van der Waals surface area contributed by atoms with Crippen LogP contribution in [0, 0.1) is 11.3 Å². The standard InChI is InChI=1S/C16H24N2O2S/c1-2-17-9-14-10-18(8-13-4-7-21-11-13)6-3-5-16(14,12-17)15(19)20/h4,7,11,14H,2-3,5-6,8-10,12H2,1H3,(H,19,20)/t14-,16+/m1/s1. The molecule has 0 radical (unpaired) electrons. The molecule has 1 N–H and O–H groups in total. The van der Waals surface area contributed by atoms with E-state index < -0.39 is 11.4 Å². The zero-order valence-corrected chi connectivity index (χ0v) is 13.4. The Morgan fingerprint density at radius 3 is 2.95 bits per heavy atom. The molecule has 3 heterocycles. The van der Waals surface area contributed by atoms with Crippen molar-refractivity contribution in [3.63, 3.8) is 0 Å². The third-order valence-electron chi connectivity index (χ3n) is 5.20. The van der Waals surface area contributed by atoms with Gasteiger partial charge in [-0.15, -0.1) is 0 Å². The Morgan fingerprint density at radius 1 is 1.48 bits per heavy atom. The summed E-state index contributed by atoms with van der Waals surface area (Å²) in [5.74, 6) is -0.322. The van der Waals surface area contributed by atoms with Gasteiger partial charge >= 0.3 is 5.97 Å². The van der Waals surface area contributed by atoms with Crippen molar-refractivity contribution in [1.29, 1.82) is 0 Å². The van der Waals surface area contributed by atoms with E-state index >= 15 is 0 Å². The first-order valence-electron chi connectivity index (χ1n) is 7.83. The second-order valence-electron chi connectivity index (χ2n) is 6.46. The highest BCUT2D eigenvalue weighted by molar-refractivity contribution is 7.07. The molecule has 2 fully saturated rings. The summed E-state index contributed by atoms with van der Waals surface area (Å²) < 4.78 is 0. The lowest BCUT2D eigenvalue weighted by atomic mass is 9.75. The first kappa shape index (κ1) is 15.0. The van der Waals surface area contributed by atoms with Crippen LogP contribution in [-0.2, 0) is 11.3 Å². The maximum absolute atomic E-state index is 12.0. The minimum Gasteiger partial charge on any atom is -0.481 e. The van der Waals surface area contributed by atoms with Crippen LogP contribution in [0.5, 0.6) is 0 Å². The number of nitrogens with zero attached hydrogens (tertiary/aromatic N) is 2. The number of carboxylic acid groups (broad SMARTS) is 1. The van der Waals surface area contributed by atoms with Crippen LogP contribution in [0.25, 0.3) is 0 Å². The van der Waals surface area contributed by atoms with Gasteiger partial charge in [0.1, 0.15) is 0 Å². The zero-order chi connectivity index (χ0) is 14.9. The van der Waals surface area contributed by atoms with E-state index in [0.717, 1.165) is 52.1 Å². The average Bonchev–Trinajstić information content (AvgIpc) is 3.04. The van der Waals surface area contributed by atoms with Gasteiger partial charge in [0.2, 0.25) is 0 Å². The van der Waals surface area contributed by atoms with E-state index in [9.17, 15) is 9.90 Å². The van der Waals surface area contributed by atoms with E-state index in [1.54, 1.807) is 11.3 Å². The highest BCUT2D eigenvalue weighted by Crippen LogP contribution is 2.43. The summed E-state index contributed by atoms with van der Waals surface area (Å²) in [5, 5.41) is 14.1. The molecule has 2 aliphatic rings. The van der Waals surface area contributed by atoms with Crippen LogP contribution in [0.2, 0.25) is 0 Å². The van der Waals surface area contributed by atoms with Gasteiger partial charge in [0.25, 0.3) is 0 Å². The third-order valence-corrected chi connectivity index (χ3v) is 5.93. The molecule has 3 rings (SSSR count). The molecule has 2 atom stereocenters. The normalized spacial score (nSPS) is 31.0. The Morgan fingerprint density at radius 2 is 2.29 bits per heavy atom. The van der Waals surface area contributed by atoms with Crippen molar-refractivity contribution in [1.82, 2.24) is 9.80 Å². The van der Waals surface area contributed by atoms with Crippen molar-refractivity contribution in [2.75, 3.05) is 32.7 Å². The van der Waals surface area contributed by atoms with Crippen molar-refractivity contribution >= 4 is 17.3 Å². The topological polar surface area (TPSA) is 43.8 Å². The minimum absolute atomic E-state index is 0.260. The first-order valence-corrected chi connectivity index (χ1v) is 8.77. The number of rotatable bonds is 4. The van der Waals surface area contributed by atoms with Gasteiger partial charge in [0.05, 0.1) is 5.41 Å². The van der Waals surface area contributed by atoms with Gasteiger partial charge in [-0.2, -0.15) is 11.3 Å². The molecule has 2 saturated heterocycles. The second kappa shape index (κ2) is 6.07. The van der Waals surface area contributed by atoms with Crippen LogP contribution in [0.4, 0.5) is 0 Å². The van der Waals surface area contributed by atoms with E-state index in [1.165, 1.54) is 5.56 Å². The zero-order valence-electron chi connectivity index (χ0n) is 12.6. The number of hydrogen-bond donors (Lipinski definition) is 1. The van der Waals surface area contributed by atoms with E-state index in [1.807, 2.05) is 0 Å². The van der Waals surface area contributed by atoms with Crippen LogP contribution in [0.1, 0.15) is 25.3 Å². The molecule has 5 heteroatoms. The molecule has 0 saturated carbocycles. The Bertz CT molecular complexity index is 490. The predicted octanol–water partition coefficient (Wildman–Crippen LogP) is 2.37. The minimum atomic E-state index is -0.583. The van der Waals surface area contributed by atoms with Gasteiger partial charge in [-0.3, -0.25) is 9.69 Å². The lowest BCUT2D eigenvalue weighted by Crippen LogP contribution is -2.41. The molecule has 4 nitrogen and oxygen atoms in total. The van der Waals surface area contributed by atoms with Gasteiger partial charge < -0.3 is 10.0 Å². The highest BCUT2D eigenvalue weighted by atomic mass is 32.1. The van der Waals surface area contributed by atoms with E-state index in [-0.39, 0.29) is 5.92 Å². The number of aliphatic carboxylic acids is 1. The summed E-state index contributed by atoms with van der Waals surface area (Å²) in [6.45, 7) is 7.65. The molecule has 0 amide bonds. The first-order chi connectivity index (χ1) is 10.1. The number of carboxylic acids is 1. The van der Waals surface area contributed by atoms with Crippen molar-refractivity contribution in [3.05, 3.63) is 22.4 Å². The fraction of sp³-hybridized carbons (Fsp3) is 0.688. The molecule has 0 unspecified atom stereocenters. The van der Waals surface area contributed by atoms with Crippen molar-refractivity contribution in [3.8, 4) is 0 Å². The fourth-order valence-corrected chi connectivity index (χ4v) is 4.65. The SMILES string of the molecule is CCN1C[C@@H]2CN(Cc3ccsc3)CCC[C@]2(C(=O)O)C1. The second-order valence-corrected chi connectivity index (χ2v) is 7.24. The molecule has 0 spiro atoms. The van der Waals surface area contributed by atoms with Crippen LogP contribution < -0.4 is 0 Å². The highest BCUT2D eigenvalue weighted by Gasteiger charge is 2.52. The van der Waals surface area contributed by atoms with Gasteiger partial charge in [0.15, 0.2) is 0 Å². The largest absolute Gasteiger partial charge is 0.481 e. The van der Waals surface area contributed by atoms with E-state index in [0.29, 0.717) is 0 Å². The monoisotopic (exact) mass is 308 g/mol. The number of fused-ring (bicyclic) bond motifs is 1. The molecular weight excluding hydrogens is 284 g/mol. The lowest BCUT2D eigenvalue weighted by Gasteiger charge is -2.29. The van der Waals surface area contributed by atoms with Crippen LogP contribution in [-0.4, -0.2) is 53.6 Å². The number of likely N-dealkylation sites (tertiary alicyclic amines) is 2. The molecule has 0 bridgehead atoms. The molecule has 0 aromatic carbocycles. The Kier molecular flexibility index (Phi) is 4.33. The molecule has 1 aromatic rings. The number of hydrogen-bond acceptors (Lipinski definition) is 4. The van der Waals surface area contributed by atoms with Gasteiger partial charge in [-0.25, -0.2) is 0 Å². The molecule has 1 aromatic heterocycles. The summed E-state index contributed by atoms with van der Waals surface area (Å²) in [7, 11) is 0. The maximum atomic E-state index is 12.0. The Balaban J connectivity index is 1.76. The van der Waals surface area contributed by atoms with Crippen LogP contribution in [0.15, 0.2) is 16.8 Å². The predicted molar refractivity (Wildman–Crippen MR) is 84.5 cm³/mol. The van der Waals surface area contributed by atoms with Gasteiger partial charge in [-0.1, -0.05) is 6.92 Å². The molecule has 116 valence electrons. The van der Waals surface area contributed by atoms with Gasteiger partial charge in [0, 0.05) is 32.1 Å². The molecular formula is C16H24N2O2S. The number of carbonyl (C=O) groups is 1. The Labute approximate surface area is 130 Å². The summed E-state index contributed by atoms with van der Waals surface area (Å²) in [5.41, 5.74) is 0.840. The summed E-state index contributed by atoms with van der Waals surface area (Å²) in [6, 6.07) is 2.17. The molecule has 2 aliphatic heterocycles. The molecule has 0 aliphatic carbocycles. The lowest BCUT2D eigenvalue weighted by molar-refractivity contribution is -0.151. The third kappa shape index (κ3) is 2.87. The average molecular weight is 308 g/mol. The molecule has 21 heavy (non-hydrogen) atoms. The van der Waals surface area contributed by atoms with Crippen LogP contribution in [0.3, 0.4) is 0 Å². The van der Waals surface area contributed by atoms with Gasteiger partial charge in [-0.05, 0) is 48.3 Å². The Hall–Kier alpha value is -0.910. The quantitative estimate of drug-likeness (QED) is 0.927. The summed E-state index contributed by atoms with van der Waals surface area (Å²) >= 11 is 1.73. The van der Waals surface area contributed by atoms with E-state index in [4.69, 9.17) is 0 Å². The van der Waals surface area contributed by atoms with Crippen molar-refractivity contribution < 1.29 is 9.90 Å². The number of thiophene rings is 1. The fourth-order valence-electron chi connectivity index (χ4n) is 3.99. The summed E-state index contributed by atoms with van der Waals surface area (Å²) in [4.78, 5) is 16.7.